The van der Waals surface area contributed by atoms with Gasteiger partial charge in [-0.1, -0.05) is 25.6 Å². The van der Waals surface area contributed by atoms with Crippen molar-refractivity contribution in [1.29, 1.82) is 0 Å². The van der Waals surface area contributed by atoms with Gasteiger partial charge in [-0.25, -0.2) is 9.97 Å². The Hall–Kier alpha value is -1.43. The van der Waals surface area contributed by atoms with Crippen molar-refractivity contribution in [2.24, 2.45) is 5.92 Å². The van der Waals surface area contributed by atoms with E-state index in [9.17, 15) is 9.59 Å². The topological polar surface area (TPSA) is 72.0 Å². The minimum Gasteiger partial charge on any atom is -0.355 e. The average molecular weight is 335 g/mol. The summed E-state index contributed by atoms with van der Waals surface area (Å²) in [5.74, 6) is 2.02. The Bertz CT molecular complexity index is 598. The van der Waals surface area contributed by atoms with Crippen LogP contribution in [-0.4, -0.2) is 34.0 Å². The number of thioether (sulfide) groups is 1. The SMILES string of the molecule is CC(=O)c1c(C)nc(C2CC2)nc1SCC(=O)NCCC(C)C. The zero-order valence-corrected chi connectivity index (χ0v) is 15.1. The Morgan fingerprint density at radius 2 is 2.00 bits per heavy atom. The Morgan fingerprint density at radius 3 is 2.57 bits per heavy atom. The van der Waals surface area contributed by atoms with E-state index in [0.29, 0.717) is 29.0 Å². The van der Waals surface area contributed by atoms with E-state index in [1.807, 2.05) is 6.92 Å². The van der Waals surface area contributed by atoms with E-state index in [2.05, 4.69) is 29.1 Å². The molecule has 0 unspecified atom stereocenters. The molecule has 23 heavy (non-hydrogen) atoms. The fraction of sp³-hybridized carbons (Fsp3) is 0.647. The molecule has 0 bridgehead atoms. The number of carbonyl (C=O) groups is 2. The van der Waals surface area contributed by atoms with Crippen molar-refractivity contribution in [2.75, 3.05) is 12.3 Å². The Labute approximate surface area is 142 Å². The molecule has 1 aromatic rings. The lowest BCUT2D eigenvalue weighted by Crippen LogP contribution is -2.27. The summed E-state index contributed by atoms with van der Waals surface area (Å²) in [6, 6.07) is 0. The van der Waals surface area contributed by atoms with E-state index in [-0.39, 0.29) is 17.4 Å². The summed E-state index contributed by atoms with van der Waals surface area (Å²) in [7, 11) is 0. The van der Waals surface area contributed by atoms with Crippen molar-refractivity contribution in [3.63, 3.8) is 0 Å². The van der Waals surface area contributed by atoms with Crippen molar-refractivity contribution in [1.82, 2.24) is 15.3 Å². The largest absolute Gasteiger partial charge is 0.355 e. The highest BCUT2D eigenvalue weighted by molar-refractivity contribution is 8.00. The second kappa shape index (κ2) is 7.90. The zero-order valence-electron chi connectivity index (χ0n) is 14.3. The van der Waals surface area contributed by atoms with E-state index in [4.69, 9.17) is 0 Å². The number of nitrogens with zero attached hydrogens (tertiary/aromatic N) is 2. The van der Waals surface area contributed by atoms with Crippen LogP contribution in [0.3, 0.4) is 0 Å². The summed E-state index contributed by atoms with van der Waals surface area (Å²) < 4.78 is 0. The van der Waals surface area contributed by atoms with Gasteiger partial charge in [0, 0.05) is 12.5 Å². The molecule has 1 fully saturated rings. The highest BCUT2D eigenvalue weighted by Gasteiger charge is 2.29. The molecular weight excluding hydrogens is 310 g/mol. The van der Waals surface area contributed by atoms with Crippen LogP contribution >= 0.6 is 11.8 Å². The summed E-state index contributed by atoms with van der Waals surface area (Å²) in [6.07, 6.45) is 3.19. The predicted molar refractivity (Wildman–Crippen MR) is 91.9 cm³/mol. The third-order valence-electron chi connectivity index (χ3n) is 3.75. The quantitative estimate of drug-likeness (QED) is 0.449. The lowest BCUT2D eigenvalue weighted by molar-refractivity contribution is -0.118. The third kappa shape index (κ3) is 5.30. The molecule has 1 heterocycles. The second-order valence-corrected chi connectivity index (χ2v) is 7.46. The molecule has 1 aliphatic rings. The number of hydrogen-bond acceptors (Lipinski definition) is 5. The van der Waals surface area contributed by atoms with Gasteiger partial charge in [0.15, 0.2) is 5.78 Å². The Kier molecular flexibility index (Phi) is 6.16. The van der Waals surface area contributed by atoms with E-state index >= 15 is 0 Å². The van der Waals surface area contributed by atoms with Crippen LogP contribution in [0, 0.1) is 12.8 Å². The first-order chi connectivity index (χ1) is 10.9. The third-order valence-corrected chi connectivity index (χ3v) is 4.73. The van der Waals surface area contributed by atoms with Gasteiger partial charge in [0.1, 0.15) is 10.9 Å². The maximum atomic E-state index is 11.9. The monoisotopic (exact) mass is 335 g/mol. The van der Waals surface area contributed by atoms with Gasteiger partial charge in [-0.15, -0.1) is 0 Å². The summed E-state index contributed by atoms with van der Waals surface area (Å²) in [5, 5.41) is 3.55. The number of carbonyl (C=O) groups excluding carboxylic acids is 2. The van der Waals surface area contributed by atoms with Crippen molar-refractivity contribution in [3.8, 4) is 0 Å². The lowest BCUT2D eigenvalue weighted by Gasteiger charge is -2.11. The predicted octanol–water partition coefficient (Wildman–Crippen LogP) is 3.12. The fourth-order valence-electron chi connectivity index (χ4n) is 2.29. The number of nitrogens with one attached hydrogen (secondary N) is 1. The maximum Gasteiger partial charge on any atom is 0.230 e. The number of ketones is 1. The van der Waals surface area contributed by atoms with Crippen LogP contribution in [0.4, 0.5) is 0 Å². The van der Waals surface area contributed by atoms with Gasteiger partial charge in [0.05, 0.1) is 17.0 Å². The molecule has 0 spiro atoms. The highest BCUT2D eigenvalue weighted by Crippen LogP contribution is 2.39. The average Bonchev–Trinajstić information content (AvgIpc) is 3.28. The van der Waals surface area contributed by atoms with Crippen LogP contribution in [0.25, 0.3) is 0 Å². The fourth-order valence-corrected chi connectivity index (χ4v) is 3.25. The molecule has 1 N–H and O–H groups in total. The van der Waals surface area contributed by atoms with E-state index in [0.717, 1.165) is 30.8 Å². The smallest absolute Gasteiger partial charge is 0.230 e. The van der Waals surface area contributed by atoms with Gasteiger partial charge in [-0.3, -0.25) is 9.59 Å². The van der Waals surface area contributed by atoms with Gasteiger partial charge < -0.3 is 5.32 Å². The molecule has 0 aliphatic heterocycles. The highest BCUT2D eigenvalue weighted by atomic mass is 32.2. The maximum absolute atomic E-state index is 11.9. The number of aromatic nitrogens is 2. The number of amides is 1. The standard InChI is InChI=1S/C17H25N3O2S/c1-10(2)7-8-18-14(22)9-23-17-15(12(4)21)11(3)19-16(20-17)13-5-6-13/h10,13H,5-9H2,1-4H3,(H,18,22). The van der Waals surface area contributed by atoms with Crippen LogP contribution in [0.1, 0.15) is 67.8 Å². The van der Waals surface area contributed by atoms with Gasteiger partial charge in [0.2, 0.25) is 5.91 Å². The van der Waals surface area contributed by atoms with Crippen LogP contribution < -0.4 is 5.32 Å². The minimum absolute atomic E-state index is 0.0191. The molecule has 0 aromatic carbocycles. The van der Waals surface area contributed by atoms with Crippen LogP contribution in [0.2, 0.25) is 0 Å². The van der Waals surface area contributed by atoms with E-state index in [1.165, 1.54) is 18.7 Å². The van der Waals surface area contributed by atoms with Crippen molar-refractivity contribution < 1.29 is 9.59 Å². The number of rotatable bonds is 8. The molecule has 1 aliphatic carbocycles. The molecule has 126 valence electrons. The molecule has 0 atom stereocenters. The van der Waals surface area contributed by atoms with Gasteiger partial charge in [-0.2, -0.15) is 0 Å². The minimum atomic E-state index is -0.0486. The van der Waals surface area contributed by atoms with Crippen LogP contribution in [0.15, 0.2) is 5.03 Å². The number of aryl methyl sites for hydroxylation is 1. The molecule has 1 saturated carbocycles. The van der Waals surface area contributed by atoms with Gasteiger partial charge in [0.25, 0.3) is 0 Å². The normalized spacial score (nSPS) is 14.1. The van der Waals surface area contributed by atoms with Crippen LogP contribution in [-0.2, 0) is 4.79 Å². The van der Waals surface area contributed by atoms with Crippen molar-refractivity contribution in [3.05, 3.63) is 17.1 Å². The van der Waals surface area contributed by atoms with Gasteiger partial charge in [-0.05, 0) is 39.0 Å². The number of hydrogen-bond donors (Lipinski definition) is 1. The molecule has 5 nitrogen and oxygen atoms in total. The van der Waals surface area contributed by atoms with E-state index < -0.39 is 0 Å². The van der Waals surface area contributed by atoms with Crippen LogP contribution in [0.5, 0.6) is 0 Å². The molecule has 2 rings (SSSR count). The molecule has 1 aromatic heterocycles. The summed E-state index contributed by atoms with van der Waals surface area (Å²) in [5.41, 5.74) is 1.27. The first-order valence-electron chi connectivity index (χ1n) is 8.17. The Morgan fingerprint density at radius 1 is 1.30 bits per heavy atom. The van der Waals surface area contributed by atoms with Gasteiger partial charge >= 0.3 is 0 Å². The summed E-state index contributed by atoms with van der Waals surface area (Å²) in [4.78, 5) is 32.8. The van der Waals surface area contributed by atoms with E-state index in [1.54, 1.807) is 0 Å². The molecule has 1 amide bonds. The molecule has 0 saturated heterocycles. The lowest BCUT2D eigenvalue weighted by atomic mass is 10.1. The summed E-state index contributed by atoms with van der Waals surface area (Å²) in [6.45, 7) is 8.31. The molecule has 6 heteroatoms. The first kappa shape index (κ1) is 17.9. The number of Topliss-reactive ketones (excluding diaryl/α,β-unsaturated/α-hetero) is 1. The Balaban J connectivity index is 2.02. The zero-order chi connectivity index (χ0) is 17.0. The first-order valence-corrected chi connectivity index (χ1v) is 9.16. The molecule has 0 radical (unpaired) electrons. The van der Waals surface area contributed by atoms with Crippen molar-refractivity contribution >= 4 is 23.5 Å². The second-order valence-electron chi connectivity index (χ2n) is 6.50. The van der Waals surface area contributed by atoms with Crippen molar-refractivity contribution in [2.45, 2.75) is 57.9 Å². The summed E-state index contributed by atoms with van der Waals surface area (Å²) >= 11 is 1.33. The molecular formula is C17H25N3O2S.